The van der Waals surface area contributed by atoms with Crippen LogP contribution < -0.4 is 20.5 Å². The van der Waals surface area contributed by atoms with Crippen LogP contribution in [0.4, 0.5) is 5.69 Å². The van der Waals surface area contributed by atoms with E-state index in [4.69, 9.17) is 26.8 Å². The van der Waals surface area contributed by atoms with E-state index in [1.165, 1.54) is 0 Å². The molecule has 2 amide bonds. The molecule has 1 fully saturated rings. The Morgan fingerprint density at radius 2 is 1.94 bits per heavy atom. The van der Waals surface area contributed by atoms with Crippen LogP contribution in [0.1, 0.15) is 55.5 Å². The lowest BCUT2D eigenvalue weighted by Gasteiger charge is -2.31. The summed E-state index contributed by atoms with van der Waals surface area (Å²) in [6.45, 7) is 7.30. The minimum atomic E-state index is -0.281. The molecule has 1 saturated heterocycles. The van der Waals surface area contributed by atoms with Gasteiger partial charge in [-0.2, -0.15) is 0 Å². The third-order valence-corrected chi connectivity index (χ3v) is 6.12. The summed E-state index contributed by atoms with van der Waals surface area (Å²) in [5, 5.41) is 3.26. The zero-order valence-electron chi connectivity index (χ0n) is 19.9. The third kappa shape index (κ3) is 7.11. The summed E-state index contributed by atoms with van der Waals surface area (Å²) in [6, 6.07) is 11.0. The maximum absolute atomic E-state index is 12.9. The molecule has 3 rings (SSSR count). The molecular weight excluding hydrogens is 454 g/mol. The van der Waals surface area contributed by atoms with Crippen LogP contribution in [0.25, 0.3) is 0 Å². The summed E-state index contributed by atoms with van der Waals surface area (Å²) in [4.78, 5) is 26.6. The van der Waals surface area contributed by atoms with E-state index in [2.05, 4.69) is 17.1 Å². The Morgan fingerprint density at radius 1 is 1.18 bits per heavy atom. The first-order chi connectivity index (χ1) is 16.4. The number of hydrogen-bond donors (Lipinski definition) is 2. The standard InChI is InChI=1S/C26H34ClN3O4/c1-3-5-13-34-24-22(27)14-20(15-23(24)33-4-2)26(32)29-21-10-8-18(9-11-21)16-30-12-6-7-19(17-30)25(28)31/h8-11,14-15,19H,3-7,12-13,16-17H2,1-2H3,(H2,28,31)(H,29,32). The molecule has 0 saturated carbocycles. The van der Waals surface area contributed by atoms with E-state index >= 15 is 0 Å². The van der Waals surface area contributed by atoms with E-state index in [1.54, 1.807) is 12.1 Å². The van der Waals surface area contributed by atoms with E-state index in [1.807, 2.05) is 31.2 Å². The van der Waals surface area contributed by atoms with Gasteiger partial charge in [0.05, 0.1) is 24.2 Å². The van der Waals surface area contributed by atoms with Crippen molar-refractivity contribution in [3.63, 3.8) is 0 Å². The average Bonchev–Trinajstić information content (AvgIpc) is 2.82. The normalized spacial score (nSPS) is 16.1. The van der Waals surface area contributed by atoms with Crippen molar-refractivity contribution in [1.29, 1.82) is 0 Å². The number of halogens is 1. The minimum absolute atomic E-state index is 0.0795. The lowest BCUT2D eigenvalue weighted by atomic mass is 9.97. The van der Waals surface area contributed by atoms with Crippen LogP contribution in [-0.4, -0.2) is 43.0 Å². The molecule has 1 unspecified atom stereocenters. The van der Waals surface area contributed by atoms with Crippen LogP contribution in [0, 0.1) is 5.92 Å². The number of unbranched alkanes of at least 4 members (excludes halogenated alkanes) is 1. The highest BCUT2D eigenvalue weighted by atomic mass is 35.5. The number of likely N-dealkylation sites (tertiary alicyclic amines) is 1. The number of benzene rings is 2. The first-order valence-corrected chi connectivity index (χ1v) is 12.3. The Balaban J connectivity index is 1.64. The van der Waals surface area contributed by atoms with Crippen molar-refractivity contribution in [2.75, 3.05) is 31.6 Å². The number of amides is 2. The quantitative estimate of drug-likeness (QED) is 0.441. The highest BCUT2D eigenvalue weighted by Gasteiger charge is 2.24. The zero-order chi connectivity index (χ0) is 24.5. The molecule has 1 aliphatic rings. The van der Waals surface area contributed by atoms with Crippen LogP contribution in [-0.2, 0) is 11.3 Å². The Morgan fingerprint density at radius 3 is 2.62 bits per heavy atom. The lowest BCUT2D eigenvalue weighted by Crippen LogP contribution is -2.40. The maximum Gasteiger partial charge on any atom is 0.255 e. The lowest BCUT2D eigenvalue weighted by molar-refractivity contribution is -0.123. The van der Waals surface area contributed by atoms with Crippen molar-refractivity contribution in [3.05, 3.63) is 52.5 Å². The van der Waals surface area contributed by atoms with Crippen molar-refractivity contribution in [1.82, 2.24) is 4.90 Å². The van der Waals surface area contributed by atoms with E-state index in [0.29, 0.717) is 47.5 Å². The molecule has 1 aliphatic heterocycles. The van der Waals surface area contributed by atoms with Gasteiger partial charge in [-0.05, 0) is 62.6 Å². The van der Waals surface area contributed by atoms with Gasteiger partial charge in [0, 0.05) is 24.3 Å². The summed E-state index contributed by atoms with van der Waals surface area (Å²) in [6.07, 6.45) is 3.74. The van der Waals surface area contributed by atoms with Crippen LogP contribution in [0.2, 0.25) is 5.02 Å². The van der Waals surface area contributed by atoms with E-state index in [-0.39, 0.29) is 17.7 Å². The molecule has 0 radical (unpaired) electrons. The summed E-state index contributed by atoms with van der Waals surface area (Å²) in [5.74, 6) is 0.340. The fourth-order valence-electron chi connectivity index (χ4n) is 4.01. The minimum Gasteiger partial charge on any atom is -0.490 e. The molecule has 1 heterocycles. The van der Waals surface area contributed by atoms with E-state index in [0.717, 1.165) is 44.3 Å². The second kappa shape index (κ2) is 12.6. The number of hydrogen-bond acceptors (Lipinski definition) is 5. The first kappa shape index (κ1) is 25.8. The highest BCUT2D eigenvalue weighted by Crippen LogP contribution is 2.37. The van der Waals surface area contributed by atoms with Gasteiger partial charge in [0.1, 0.15) is 0 Å². The average molecular weight is 488 g/mol. The van der Waals surface area contributed by atoms with Gasteiger partial charge in [-0.1, -0.05) is 37.1 Å². The van der Waals surface area contributed by atoms with Crippen molar-refractivity contribution < 1.29 is 19.1 Å². The number of rotatable bonds is 11. The molecule has 0 spiro atoms. The number of anilines is 1. The van der Waals surface area contributed by atoms with Crippen LogP contribution in [0.3, 0.4) is 0 Å². The van der Waals surface area contributed by atoms with Gasteiger partial charge in [-0.3, -0.25) is 14.5 Å². The molecule has 0 aromatic heterocycles. The van der Waals surface area contributed by atoms with Gasteiger partial charge in [0.2, 0.25) is 5.91 Å². The van der Waals surface area contributed by atoms with Crippen molar-refractivity contribution >= 4 is 29.1 Å². The molecule has 34 heavy (non-hydrogen) atoms. The Bertz CT molecular complexity index is 981. The summed E-state index contributed by atoms with van der Waals surface area (Å²) in [7, 11) is 0. The summed E-state index contributed by atoms with van der Waals surface area (Å²) >= 11 is 6.42. The number of ether oxygens (including phenoxy) is 2. The summed E-state index contributed by atoms with van der Waals surface area (Å²) < 4.78 is 11.5. The largest absolute Gasteiger partial charge is 0.490 e. The number of nitrogens with two attached hydrogens (primary N) is 1. The van der Waals surface area contributed by atoms with Gasteiger partial charge >= 0.3 is 0 Å². The van der Waals surface area contributed by atoms with Gasteiger partial charge in [-0.25, -0.2) is 0 Å². The topological polar surface area (TPSA) is 93.9 Å². The highest BCUT2D eigenvalue weighted by molar-refractivity contribution is 6.32. The van der Waals surface area contributed by atoms with Crippen LogP contribution in [0.15, 0.2) is 36.4 Å². The van der Waals surface area contributed by atoms with Gasteiger partial charge in [-0.15, -0.1) is 0 Å². The Labute approximate surface area is 206 Å². The predicted molar refractivity (Wildman–Crippen MR) is 135 cm³/mol. The number of primary amides is 1. The Hall–Kier alpha value is -2.77. The van der Waals surface area contributed by atoms with Gasteiger partial charge in [0.25, 0.3) is 5.91 Å². The number of nitrogens with zero attached hydrogens (tertiary/aromatic N) is 1. The fraction of sp³-hybridized carbons (Fsp3) is 0.462. The third-order valence-electron chi connectivity index (χ3n) is 5.84. The molecule has 7 nitrogen and oxygen atoms in total. The van der Waals surface area contributed by atoms with Gasteiger partial charge in [0.15, 0.2) is 11.5 Å². The second-order valence-corrected chi connectivity index (χ2v) is 8.96. The molecular formula is C26H34ClN3O4. The van der Waals surface area contributed by atoms with Crippen molar-refractivity contribution in [2.24, 2.45) is 11.7 Å². The Kier molecular flexibility index (Phi) is 9.60. The SMILES string of the molecule is CCCCOc1c(Cl)cc(C(=O)Nc2ccc(CN3CCCC(C(N)=O)C3)cc2)cc1OCC. The fourth-order valence-corrected chi connectivity index (χ4v) is 4.27. The maximum atomic E-state index is 12.9. The molecule has 184 valence electrons. The number of piperidine rings is 1. The monoisotopic (exact) mass is 487 g/mol. The van der Waals surface area contributed by atoms with Crippen molar-refractivity contribution in [3.8, 4) is 11.5 Å². The molecule has 1 atom stereocenters. The molecule has 0 aliphatic carbocycles. The smallest absolute Gasteiger partial charge is 0.255 e. The molecule has 3 N–H and O–H groups in total. The van der Waals surface area contributed by atoms with E-state index in [9.17, 15) is 9.59 Å². The number of carbonyl (C=O) groups is 2. The van der Waals surface area contributed by atoms with Crippen LogP contribution >= 0.6 is 11.6 Å². The number of carbonyl (C=O) groups excluding carboxylic acids is 2. The summed E-state index contributed by atoms with van der Waals surface area (Å²) in [5.41, 5.74) is 7.66. The first-order valence-electron chi connectivity index (χ1n) is 11.9. The molecule has 0 bridgehead atoms. The van der Waals surface area contributed by atoms with E-state index < -0.39 is 0 Å². The predicted octanol–water partition coefficient (Wildman–Crippen LogP) is 4.87. The molecule has 2 aromatic carbocycles. The van der Waals surface area contributed by atoms with Crippen LogP contribution in [0.5, 0.6) is 11.5 Å². The second-order valence-electron chi connectivity index (χ2n) is 8.55. The zero-order valence-corrected chi connectivity index (χ0v) is 20.7. The van der Waals surface area contributed by atoms with Crippen molar-refractivity contribution in [2.45, 2.75) is 46.1 Å². The molecule has 8 heteroatoms. The number of nitrogens with one attached hydrogen (secondary N) is 1. The molecule has 2 aromatic rings. The van der Waals surface area contributed by atoms with Gasteiger partial charge < -0.3 is 20.5 Å².